The average molecular weight is 216 g/mol. The van der Waals surface area contributed by atoms with Gasteiger partial charge in [0.25, 0.3) is 0 Å². The molecule has 16 heavy (non-hydrogen) atoms. The van der Waals surface area contributed by atoms with Crippen molar-refractivity contribution in [2.45, 2.75) is 19.8 Å². The Balaban J connectivity index is 0. The zero-order valence-corrected chi connectivity index (χ0v) is 9.98. The van der Waals surface area contributed by atoms with Crippen molar-refractivity contribution in [3.63, 3.8) is 0 Å². The number of hydrogen-bond donors (Lipinski definition) is 1. The predicted molar refractivity (Wildman–Crippen MR) is 58.6 cm³/mol. The Morgan fingerprint density at radius 1 is 1.31 bits per heavy atom. The normalized spacial score (nSPS) is 8.31. The first-order chi connectivity index (χ1) is 7.27. The molecule has 1 aromatic rings. The molecule has 0 aliphatic heterocycles. The van der Waals surface area contributed by atoms with E-state index in [1.807, 2.05) is 37.3 Å². The SMILES string of the molecule is CCCCOCC(=O)O.[Li+].[c-]1ccccc1. The fraction of sp³-hybridized carbons (Fsp3) is 0.417. The summed E-state index contributed by atoms with van der Waals surface area (Å²) in [6.45, 7) is 2.42. The summed E-state index contributed by atoms with van der Waals surface area (Å²) in [6.07, 6.45) is 1.98. The van der Waals surface area contributed by atoms with E-state index in [9.17, 15) is 4.79 Å². The van der Waals surface area contributed by atoms with E-state index in [1.54, 1.807) is 0 Å². The van der Waals surface area contributed by atoms with Gasteiger partial charge in [0.05, 0.1) is 0 Å². The largest absolute Gasteiger partial charge is 1.00 e. The van der Waals surface area contributed by atoms with Crippen molar-refractivity contribution in [1.82, 2.24) is 0 Å². The Kier molecular flexibility index (Phi) is 15.7. The zero-order valence-electron chi connectivity index (χ0n) is 9.98. The molecular weight excluding hydrogens is 199 g/mol. The van der Waals surface area contributed by atoms with Crippen molar-refractivity contribution in [3.05, 3.63) is 36.4 Å². The van der Waals surface area contributed by atoms with Crippen LogP contribution in [0.1, 0.15) is 19.8 Å². The van der Waals surface area contributed by atoms with Crippen LogP contribution in [0.5, 0.6) is 0 Å². The predicted octanol–water partition coefficient (Wildman–Crippen LogP) is -0.622. The molecule has 0 heterocycles. The topological polar surface area (TPSA) is 46.5 Å². The summed E-state index contributed by atoms with van der Waals surface area (Å²) in [5.74, 6) is -0.897. The molecule has 1 aromatic carbocycles. The van der Waals surface area contributed by atoms with Gasteiger partial charge in [-0.2, -0.15) is 36.4 Å². The Bertz CT molecular complexity index is 213. The molecule has 0 saturated heterocycles. The van der Waals surface area contributed by atoms with Gasteiger partial charge < -0.3 is 9.84 Å². The number of rotatable bonds is 5. The standard InChI is InChI=1S/C6H12O3.C6H5.Li/c1-2-3-4-9-5-6(7)8;1-2-4-6-5-3-1;/h2-5H2,1H3,(H,7,8);1-5H;/q;-1;+1. The summed E-state index contributed by atoms with van der Waals surface area (Å²) in [5.41, 5.74) is 0. The molecule has 0 spiro atoms. The molecule has 0 aliphatic carbocycles. The van der Waals surface area contributed by atoms with Crippen LogP contribution < -0.4 is 18.9 Å². The van der Waals surface area contributed by atoms with Gasteiger partial charge in [-0.25, -0.2) is 4.79 Å². The molecule has 1 N–H and O–H groups in total. The van der Waals surface area contributed by atoms with Crippen LogP contribution in [0.4, 0.5) is 0 Å². The molecule has 0 fully saturated rings. The number of aliphatic carboxylic acids is 1. The third-order valence-corrected chi connectivity index (χ3v) is 1.47. The van der Waals surface area contributed by atoms with Crippen molar-refractivity contribution in [2.24, 2.45) is 0 Å². The van der Waals surface area contributed by atoms with E-state index in [0.717, 1.165) is 12.8 Å². The molecule has 84 valence electrons. The minimum Gasteiger partial charge on any atom is -0.480 e. The maximum atomic E-state index is 9.84. The second kappa shape index (κ2) is 14.2. The van der Waals surface area contributed by atoms with Gasteiger partial charge in [-0.15, -0.1) is 0 Å². The van der Waals surface area contributed by atoms with Crippen LogP contribution in [0.3, 0.4) is 0 Å². The summed E-state index contributed by atoms with van der Waals surface area (Å²) < 4.78 is 4.74. The third kappa shape index (κ3) is 15.7. The van der Waals surface area contributed by atoms with Crippen LogP contribution >= 0.6 is 0 Å². The number of ether oxygens (including phenoxy) is 1. The Hall–Kier alpha value is -0.753. The van der Waals surface area contributed by atoms with Crippen LogP contribution in [0.25, 0.3) is 0 Å². The van der Waals surface area contributed by atoms with Crippen molar-refractivity contribution >= 4 is 5.97 Å². The number of unbranched alkanes of at least 4 members (excludes halogenated alkanes) is 1. The van der Waals surface area contributed by atoms with E-state index in [-0.39, 0.29) is 25.5 Å². The van der Waals surface area contributed by atoms with E-state index in [2.05, 4.69) is 6.07 Å². The van der Waals surface area contributed by atoms with Gasteiger partial charge in [-0.1, -0.05) is 13.3 Å². The maximum absolute atomic E-state index is 9.84. The zero-order chi connectivity index (χ0) is 11.4. The summed E-state index contributed by atoms with van der Waals surface area (Å²) in [4.78, 5) is 9.84. The summed E-state index contributed by atoms with van der Waals surface area (Å²) in [7, 11) is 0. The molecular formula is C12H17LiO3. The van der Waals surface area contributed by atoms with Crippen molar-refractivity contribution in [2.75, 3.05) is 13.2 Å². The number of hydrogen-bond acceptors (Lipinski definition) is 2. The van der Waals surface area contributed by atoms with E-state index in [1.165, 1.54) is 0 Å². The second-order valence-corrected chi connectivity index (χ2v) is 2.88. The van der Waals surface area contributed by atoms with Crippen LogP contribution in [-0.2, 0) is 9.53 Å². The molecule has 1 rings (SSSR count). The molecule has 0 radical (unpaired) electrons. The van der Waals surface area contributed by atoms with Gasteiger partial charge in [-0.05, 0) is 6.42 Å². The smallest absolute Gasteiger partial charge is 0.480 e. The summed E-state index contributed by atoms with van der Waals surface area (Å²) in [6, 6.07) is 12.5. The molecule has 0 unspecified atom stereocenters. The molecule has 3 nitrogen and oxygen atoms in total. The first-order valence-corrected chi connectivity index (χ1v) is 4.98. The molecule has 0 aliphatic rings. The fourth-order valence-electron chi connectivity index (χ4n) is 0.748. The van der Waals surface area contributed by atoms with Crippen LogP contribution in [0.2, 0.25) is 0 Å². The van der Waals surface area contributed by atoms with Crippen molar-refractivity contribution in [1.29, 1.82) is 0 Å². The number of carbonyl (C=O) groups is 1. The molecule has 0 aromatic heterocycles. The number of benzene rings is 1. The third-order valence-electron chi connectivity index (χ3n) is 1.47. The van der Waals surface area contributed by atoms with Gasteiger partial charge >= 0.3 is 24.8 Å². The average Bonchev–Trinajstić information content (AvgIpc) is 2.28. The Labute approximate surface area is 109 Å². The first-order valence-electron chi connectivity index (χ1n) is 4.98. The molecule has 4 heteroatoms. The Morgan fingerprint density at radius 2 is 1.94 bits per heavy atom. The molecule has 0 bridgehead atoms. The monoisotopic (exact) mass is 216 g/mol. The quantitative estimate of drug-likeness (QED) is 0.405. The van der Waals surface area contributed by atoms with Crippen molar-refractivity contribution < 1.29 is 33.5 Å². The number of carboxylic acids is 1. The minimum atomic E-state index is -0.897. The maximum Gasteiger partial charge on any atom is 1.00 e. The molecule has 0 amide bonds. The summed E-state index contributed by atoms with van der Waals surface area (Å²) >= 11 is 0. The fourth-order valence-corrected chi connectivity index (χ4v) is 0.748. The number of carboxylic acid groups (broad SMARTS) is 1. The van der Waals surface area contributed by atoms with Crippen molar-refractivity contribution in [3.8, 4) is 0 Å². The molecule has 0 saturated carbocycles. The second-order valence-electron chi connectivity index (χ2n) is 2.88. The molecule has 0 atom stereocenters. The van der Waals surface area contributed by atoms with Gasteiger partial charge in [-0.3, -0.25) is 0 Å². The van der Waals surface area contributed by atoms with Gasteiger partial charge in [0, 0.05) is 6.61 Å². The summed E-state index contributed by atoms with van der Waals surface area (Å²) in [5, 5.41) is 8.09. The first kappa shape index (κ1) is 17.6. The minimum absolute atomic E-state index is 0. The van der Waals surface area contributed by atoms with E-state index in [0.29, 0.717) is 6.61 Å². The van der Waals surface area contributed by atoms with Gasteiger partial charge in [0.2, 0.25) is 0 Å². The van der Waals surface area contributed by atoms with E-state index >= 15 is 0 Å². The van der Waals surface area contributed by atoms with Crippen LogP contribution in [0.15, 0.2) is 30.3 Å². The van der Waals surface area contributed by atoms with E-state index in [4.69, 9.17) is 9.84 Å². The van der Waals surface area contributed by atoms with Gasteiger partial charge in [0.15, 0.2) is 0 Å². The van der Waals surface area contributed by atoms with E-state index < -0.39 is 5.97 Å². The van der Waals surface area contributed by atoms with Gasteiger partial charge in [0.1, 0.15) is 6.61 Å². The van der Waals surface area contributed by atoms with Crippen LogP contribution in [-0.4, -0.2) is 24.3 Å². The Morgan fingerprint density at radius 3 is 2.25 bits per heavy atom. The van der Waals surface area contributed by atoms with Crippen LogP contribution in [0, 0.1) is 6.07 Å².